The Kier molecular flexibility index (Phi) is 13.0. The van der Waals surface area contributed by atoms with Gasteiger partial charge in [0.05, 0.1) is 4.90 Å². The molecule has 10 heteroatoms. The maximum atomic E-state index is 13.6. The van der Waals surface area contributed by atoms with Crippen molar-refractivity contribution in [2.75, 3.05) is 18.1 Å². The predicted molar refractivity (Wildman–Crippen MR) is 192 cm³/mol. The van der Waals surface area contributed by atoms with Gasteiger partial charge in [0.15, 0.2) is 0 Å². The monoisotopic (exact) mass is 681 g/mol. The van der Waals surface area contributed by atoms with Gasteiger partial charge in [-0.25, -0.2) is 17.9 Å². The van der Waals surface area contributed by atoms with Gasteiger partial charge in [-0.2, -0.15) is 11.8 Å². The zero-order valence-corrected chi connectivity index (χ0v) is 28.8. The van der Waals surface area contributed by atoms with Crippen molar-refractivity contribution >= 4 is 39.6 Å². The van der Waals surface area contributed by atoms with Crippen molar-refractivity contribution in [2.45, 2.75) is 38.1 Å². The molecule has 1 atom stereocenters. The van der Waals surface area contributed by atoms with Crippen LogP contribution in [0.3, 0.4) is 0 Å². The van der Waals surface area contributed by atoms with Crippen LogP contribution < -0.4 is 10.0 Å². The van der Waals surface area contributed by atoms with E-state index >= 15 is 0 Å². The second-order valence-corrected chi connectivity index (χ2v) is 14.2. The van der Waals surface area contributed by atoms with E-state index < -0.39 is 33.9 Å². The van der Waals surface area contributed by atoms with Crippen LogP contribution in [0.15, 0.2) is 114 Å². The number of benzene rings is 4. The highest BCUT2D eigenvalue weighted by Crippen LogP contribution is 2.21. The molecule has 0 saturated heterocycles. The maximum Gasteiger partial charge on any atom is 0.325 e. The number of imide groups is 1. The number of sulfonamides is 1. The third-order valence-electron chi connectivity index (χ3n) is 7.03. The number of rotatable bonds is 12. The molecule has 4 aromatic carbocycles. The van der Waals surface area contributed by atoms with E-state index in [0.717, 1.165) is 21.6 Å². The van der Waals surface area contributed by atoms with E-state index in [4.69, 9.17) is 0 Å². The molecule has 0 bridgehead atoms. The van der Waals surface area contributed by atoms with Crippen LogP contribution in [0.1, 0.15) is 48.7 Å². The molecule has 0 aliphatic heterocycles. The van der Waals surface area contributed by atoms with Crippen molar-refractivity contribution in [3.05, 3.63) is 126 Å². The number of hydrogen-bond donors (Lipinski definition) is 2. The molecule has 0 radical (unpaired) electrons. The Morgan fingerprint density at radius 2 is 1.38 bits per heavy atom. The number of thioether (sulfide) groups is 1. The van der Waals surface area contributed by atoms with E-state index in [2.05, 4.69) is 21.9 Å². The highest BCUT2D eigenvalue weighted by atomic mass is 32.2. The summed E-state index contributed by atoms with van der Waals surface area (Å²) in [4.78, 5) is 41.6. The summed E-state index contributed by atoms with van der Waals surface area (Å²) in [5, 5.41) is 2.63. The molecule has 0 spiro atoms. The molecule has 0 fully saturated rings. The van der Waals surface area contributed by atoms with E-state index in [-0.39, 0.29) is 22.8 Å². The predicted octanol–water partition coefficient (Wildman–Crippen LogP) is 6.58. The fraction of sp³-hybridized carbons (Fsp3) is 0.237. The van der Waals surface area contributed by atoms with Gasteiger partial charge in [0.25, 0.3) is 21.8 Å². The van der Waals surface area contributed by atoms with Crippen LogP contribution >= 0.6 is 11.8 Å². The van der Waals surface area contributed by atoms with Gasteiger partial charge in [0, 0.05) is 29.0 Å². The summed E-state index contributed by atoms with van der Waals surface area (Å²) in [5.41, 5.74) is 3.44. The third-order valence-corrected chi connectivity index (χ3v) is 9.86. The first-order valence-electron chi connectivity index (χ1n) is 15.7. The topological polar surface area (TPSA) is 113 Å². The summed E-state index contributed by atoms with van der Waals surface area (Å²) >= 11 is 1.41. The maximum absolute atomic E-state index is 13.6. The van der Waals surface area contributed by atoms with Crippen LogP contribution in [-0.2, 0) is 14.8 Å². The van der Waals surface area contributed by atoms with Gasteiger partial charge in [-0.3, -0.25) is 14.5 Å². The first kappa shape index (κ1) is 36.0. The molecular formula is C38H39N3O5S2. The number of carbonyl (C=O) groups is 3. The zero-order valence-electron chi connectivity index (χ0n) is 27.2. The molecule has 0 aliphatic carbocycles. The average Bonchev–Trinajstić information content (AvgIpc) is 3.09. The minimum absolute atomic E-state index is 0.0874. The lowest BCUT2D eigenvalue weighted by Crippen LogP contribution is -2.54. The van der Waals surface area contributed by atoms with E-state index in [1.54, 1.807) is 36.4 Å². The lowest BCUT2D eigenvalue weighted by atomic mass is 10.1. The van der Waals surface area contributed by atoms with Crippen molar-refractivity contribution in [3.8, 4) is 23.0 Å². The highest BCUT2D eigenvalue weighted by molar-refractivity contribution is 7.99. The van der Waals surface area contributed by atoms with E-state index in [0.29, 0.717) is 23.7 Å². The summed E-state index contributed by atoms with van der Waals surface area (Å²) in [6.45, 7) is 5.95. The molecule has 4 rings (SSSR count). The molecule has 8 nitrogen and oxygen atoms in total. The van der Waals surface area contributed by atoms with Crippen LogP contribution in [0, 0.1) is 17.8 Å². The molecule has 48 heavy (non-hydrogen) atoms. The van der Waals surface area contributed by atoms with Crippen molar-refractivity contribution in [3.63, 3.8) is 0 Å². The Bertz CT molecular complexity index is 1870. The quantitative estimate of drug-likeness (QED) is 0.164. The Balaban J connectivity index is 1.51. The second-order valence-electron chi connectivity index (χ2n) is 11.4. The number of urea groups is 1. The van der Waals surface area contributed by atoms with Gasteiger partial charge in [-0.15, -0.1) is 0 Å². The van der Waals surface area contributed by atoms with Crippen LogP contribution in [0.25, 0.3) is 11.1 Å². The SMILES string of the molecule is CCCN(C(=O)NC(CSCC(C)C)C(=O)NS(=O)(=O)c1ccc(-c2ccccc2)cc1)C(=O)c1cccc(C#Cc2ccccc2)c1. The van der Waals surface area contributed by atoms with Crippen molar-refractivity contribution < 1.29 is 22.8 Å². The lowest BCUT2D eigenvalue weighted by Gasteiger charge is -2.25. The van der Waals surface area contributed by atoms with Gasteiger partial charge >= 0.3 is 6.03 Å². The van der Waals surface area contributed by atoms with Crippen LogP contribution in [0.5, 0.6) is 0 Å². The Morgan fingerprint density at radius 3 is 2.02 bits per heavy atom. The molecule has 0 aliphatic rings. The molecule has 0 aromatic heterocycles. The van der Waals surface area contributed by atoms with Gasteiger partial charge in [-0.05, 0) is 71.7 Å². The molecule has 248 valence electrons. The van der Waals surface area contributed by atoms with Crippen molar-refractivity contribution in [1.82, 2.24) is 14.9 Å². The van der Waals surface area contributed by atoms with Crippen molar-refractivity contribution in [2.24, 2.45) is 5.92 Å². The third kappa shape index (κ3) is 10.3. The molecule has 1 unspecified atom stereocenters. The number of hydrogen-bond acceptors (Lipinski definition) is 6. The standard InChI is InChI=1S/C38H39N3O5S2/c1-4-24-41(37(43)33-17-11-14-30(25-33)19-18-29-12-7-5-8-13-29)38(44)39-35(27-47-26-28(2)3)36(42)40-48(45,46)34-22-20-32(21-23-34)31-15-9-6-10-16-31/h5-17,20-23,25,28,35H,4,24,26-27H2,1-3H3,(H,39,44)(H,40,42). The summed E-state index contributed by atoms with van der Waals surface area (Å²) in [6, 6.07) is 29.8. The summed E-state index contributed by atoms with van der Waals surface area (Å²) in [5.74, 6) is 5.75. The van der Waals surface area contributed by atoms with Crippen molar-refractivity contribution in [1.29, 1.82) is 0 Å². The summed E-state index contributed by atoms with van der Waals surface area (Å²) < 4.78 is 28.6. The van der Waals surface area contributed by atoms with E-state index in [1.165, 1.54) is 23.9 Å². The fourth-order valence-electron chi connectivity index (χ4n) is 4.62. The molecule has 0 saturated carbocycles. The number of amides is 4. The fourth-order valence-corrected chi connectivity index (χ4v) is 6.72. The number of nitrogens with one attached hydrogen (secondary N) is 2. The average molecular weight is 682 g/mol. The molecular weight excluding hydrogens is 643 g/mol. The Labute approximate surface area is 287 Å². The van der Waals surface area contributed by atoms with Gasteiger partial charge in [-0.1, -0.05) is 99.3 Å². The van der Waals surface area contributed by atoms with E-state index in [1.807, 2.05) is 81.4 Å². The molecule has 2 N–H and O–H groups in total. The first-order chi connectivity index (χ1) is 23.1. The minimum atomic E-state index is -4.25. The largest absolute Gasteiger partial charge is 0.325 e. The second kappa shape index (κ2) is 17.3. The van der Waals surface area contributed by atoms with Gasteiger partial charge in [0.2, 0.25) is 0 Å². The lowest BCUT2D eigenvalue weighted by molar-refractivity contribution is -0.120. The minimum Gasteiger partial charge on any atom is -0.325 e. The number of nitrogens with zero attached hydrogens (tertiary/aromatic N) is 1. The molecule has 4 amide bonds. The zero-order chi connectivity index (χ0) is 34.5. The van der Waals surface area contributed by atoms with Gasteiger partial charge < -0.3 is 5.32 Å². The number of carbonyl (C=O) groups excluding carboxylic acids is 3. The van der Waals surface area contributed by atoms with E-state index in [9.17, 15) is 22.8 Å². The normalized spacial score (nSPS) is 11.6. The van der Waals surface area contributed by atoms with Crippen LogP contribution in [-0.4, -0.2) is 55.3 Å². The van der Waals surface area contributed by atoms with Gasteiger partial charge in [0.1, 0.15) is 6.04 Å². The molecule has 0 heterocycles. The summed E-state index contributed by atoms with van der Waals surface area (Å²) in [6.07, 6.45) is 0.471. The first-order valence-corrected chi connectivity index (χ1v) is 18.3. The van der Waals surface area contributed by atoms with Crippen LogP contribution in [0.4, 0.5) is 4.79 Å². The Hall–Kier alpha value is -4.85. The Morgan fingerprint density at radius 1 is 0.771 bits per heavy atom. The van der Waals surface area contributed by atoms with Crippen LogP contribution in [0.2, 0.25) is 0 Å². The molecule has 4 aromatic rings. The smallest absolute Gasteiger partial charge is 0.325 e. The summed E-state index contributed by atoms with van der Waals surface area (Å²) in [7, 11) is -4.25. The highest BCUT2D eigenvalue weighted by Gasteiger charge is 2.30.